The van der Waals surface area contributed by atoms with Crippen LogP contribution in [0.1, 0.15) is 48.5 Å². The van der Waals surface area contributed by atoms with Crippen molar-refractivity contribution in [2.24, 2.45) is 0 Å². The molecule has 27 heavy (non-hydrogen) atoms. The van der Waals surface area contributed by atoms with Crippen LogP contribution in [0.5, 0.6) is 5.75 Å². The molecule has 0 atom stereocenters. The van der Waals surface area contributed by atoms with Gasteiger partial charge in [-0.25, -0.2) is 4.39 Å². The third-order valence-electron chi connectivity index (χ3n) is 4.70. The molecule has 0 radical (unpaired) electrons. The molecule has 0 unspecified atom stereocenters. The molecule has 1 aliphatic rings. The Morgan fingerprint density at radius 2 is 1.93 bits per heavy atom. The lowest BCUT2D eigenvalue weighted by molar-refractivity contribution is 0.0706. The second-order valence-electron chi connectivity index (χ2n) is 6.96. The highest BCUT2D eigenvalue weighted by molar-refractivity contribution is 7.71. The molecule has 3 rings (SSSR count). The van der Waals surface area contributed by atoms with E-state index < -0.39 is 0 Å². The predicted octanol–water partition coefficient (Wildman–Crippen LogP) is 5.34. The van der Waals surface area contributed by atoms with Gasteiger partial charge >= 0.3 is 0 Å². The molecule has 1 N–H and O–H groups in total. The first-order valence-corrected chi connectivity index (χ1v) is 9.78. The Labute approximate surface area is 168 Å². The minimum Gasteiger partial charge on any atom is -0.488 e. The van der Waals surface area contributed by atoms with Crippen molar-refractivity contribution < 1.29 is 13.9 Å². The lowest BCUT2D eigenvalue weighted by Gasteiger charge is -2.32. The number of hydrogen-bond acceptors (Lipinski definition) is 3. The van der Waals surface area contributed by atoms with Gasteiger partial charge in [0.15, 0.2) is 5.75 Å². The number of pyridine rings is 1. The van der Waals surface area contributed by atoms with Crippen LogP contribution in [0, 0.1) is 10.5 Å². The fraction of sp³-hybridized carbons (Fsp3) is 0.400. The van der Waals surface area contributed by atoms with E-state index in [9.17, 15) is 9.18 Å². The van der Waals surface area contributed by atoms with Crippen LogP contribution in [0.4, 0.5) is 4.39 Å². The fourth-order valence-electron chi connectivity index (χ4n) is 3.32. The van der Waals surface area contributed by atoms with Gasteiger partial charge < -0.3 is 14.6 Å². The van der Waals surface area contributed by atoms with Crippen LogP contribution in [0.3, 0.4) is 0 Å². The van der Waals surface area contributed by atoms with Crippen LogP contribution in [0.15, 0.2) is 30.5 Å². The zero-order valence-corrected chi connectivity index (χ0v) is 16.9. The molecule has 1 saturated heterocycles. The van der Waals surface area contributed by atoms with E-state index >= 15 is 0 Å². The minimum absolute atomic E-state index is 0.128. The van der Waals surface area contributed by atoms with E-state index in [-0.39, 0.29) is 22.9 Å². The van der Waals surface area contributed by atoms with E-state index in [1.807, 2.05) is 26.0 Å². The summed E-state index contributed by atoms with van der Waals surface area (Å²) in [4.78, 5) is 17.7. The highest BCUT2D eigenvalue weighted by atomic mass is 35.5. The van der Waals surface area contributed by atoms with E-state index in [0.29, 0.717) is 35.0 Å². The summed E-state index contributed by atoms with van der Waals surface area (Å²) >= 11 is 11.4. The van der Waals surface area contributed by atoms with Crippen LogP contribution < -0.4 is 4.74 Å². The Balaban J connectivity index is 1.75. The Hall–Kier alpha value is -1.92. The number of likely N-dealkylation sites (tertiary alicyclic amines) is 1. The Bertz CT molecular complexity index is 875. The van der Waals surface area contributed by atoms with E-state index in [1.54, 1.807) is 11.1 Å². The molecule has 144 valence electrons. The number of piperidine rings is 1. The van der Waals surface area contributed by atoms with Crippen molar-refractivity contribution in [2.45, 2.75) is 38.7 Å². The largest absolute Gasteiger partial charge is 0.488 e. The van der Waals surface area contributed by atoms with Crippen molar-refractivity contribution in [3.8, 4) is 5.75 Å². The number of ether oxygens (including phenoxy) is 1. The van der Waals surface area contributed by atoms with Crippen molar-refractivity contribution in [2.75, 3.05) is 13.1 Å². The molecule has 1 aromatic heterocycles. The van der Waals surface area contributed by atoms with E-state index in [0.717, 1.165) is 18.4 Å². The van der Waals surface area contributed by atoms with E-state index in [2.05, 4.69) is 4.98 Å². The van der Waals surface area contributed by atoms with Crippen molar-refractivity contribution in [1.29, 1.82) is 0 Å². The van der Waals surface area contributed by atoms with Crippen molar-refractivity contribution in [3.63, 3.8) is 0 Å². The van der Waals surface area contributed by atoms with Crippen molar-refractivity contribution in [3.05, 3.63) is 57.1 Å². The third kappa shape index (κ3) is 4.50. The number of amides is 1. The molecule has 0 aliphatic carbocycles. The van der Waals surface area contributed by atoms with E-state index in [1.165, 1.54) is 12.1 Å². The lowest BCUT2D eigenvalue weighted by atomic mass is 9.89. The maximum atomic E-state index is 13.1. The second kappa shape index (κ2) is 8.40. The lowest BCUT2D eigenvalue weighted by Crippen LogP contribution is -2.38. The van der Waals surface area contributed by atoms with Crippen molar-refractivity contribution >= 4 is 29.7 Å². The van der Waals surface area contributed by atoms with Gasteiger partial charge in [-0.3, -0.25) is 4.79 Å². The molecule has 0 saturated carbocycles. The highest BCUT2D eigenvalue weighted by Gasteiger charge is 2.27. The topological polar surface area (TPSA) is 45.3 Å². The fourth-order valence-corrected chi connectivity index (χ4v) is 3.67. The van der Waals surface area contributed by atoms with Crippen LogP contribution in [-0.2, 0) is 0 Å². The summed E-state index contributed by atoms with van der Waals surface area (Å²) in [7, 11) is 0. The van der Waals surface area contributed by atoms with Crippen molar-refractivity contribution in [1.82, 2.24) is 9.88 Å². The summed E-state index contributed by atoms with van der Waals surface area (Å²) in [6.07, 6.45) is 3.10. The predicted molar refractivity (Wildman–Crippen MR) is 107 cm³/mol. The van der Waals surface area contributed by atoms with Crippen LogP contribution in [-0.4, -0.2) is 35.0 Å². The van der Waals surface area contributed by atoms with Crippen LogP contribution in [0.2, 0.25) is 5.02 Å². The Morgan fingerprint density at radius 1 is 1.30 bits per heavy atom. The zero-order valence-electron chi connectivity index (χ0n) is 15.3. The molecule has 2 aromatic rings. The van der Waals surface area contributed by atoms with Gasteiger partial charge in [-0.15, -0.1) is 0 Å². The zero-order chi connectivity index (χ0) is 19.6. The number of aromatic amines is 1. The molecule has 2 heterocycles. The normalized spacial score (nSPS) is 15.2. The van der Waals surface area contributed by atoms with Gasteiger partial charge in [0, 0.05) is 19.3 Å². The summed E-state index contributed by atoms with van der Waals surface area (Å²) in [5.41, 5.74) is 1.50. The van der Waals surface area contributed by atoms with Crippen LogP contribution >= 0.6 is 23.8 Å². The maximum absolute atomic E-state index is 13.1. The standard InChI is InChI=1S/C20H22ClFN2O2S/c1-12(2)26-18-16(11-23-19(27)17(18)21)20(25)24-9-7-14(8-10-24)13-3-5-15(22)6-4-13/h3-6,11-12,14H,7-10H2,1-2H3,(H,23,27). The summed E-state index contributed by atoms with van der Waals surface area (Å²) in [5, 5.41) is 0.255. The quantitative estimate of drug-likeness (QED) is 0.694. The number of rotatable bonds is 4. The maximum Gasteiger partial charge on any atom is 0.259 e. The summed E-state index contributed by atoms with van der Waals surface area (Å²) in [6.45, 7) is 4.99. The summed E-state index contributed by atoms with van der Waals surface area (Å²) < 4.78 is 19.2. The van der Waals surface area contributed by atoms with Gasteiger partial charge in [-0.2, -0.15) is 0 Å². The number of halogens is 2. The highest BCUT2D eigenvalue weighted by Crippen LogP contribution is 2.33. The molecule has 0 bridgehead atoms. The first-order chi connectivity index (χ1) is 12.9. The molecule has 0 spiro atoms. The molecule has 7 heteroatoms. The number of H-pyrrole nitrogens is 1. The average molecular weight is 409 g/mol. The summed E-state index contributed by atoms with van der Waals surface area (Å²) in [6, 6.07) is 6.61. The number of carbonyl (C=O) groups is 1. The molecule has 1 aliphatic heterocycles. The molecule has 1 fully saturated rings. The van der Waals surface area contributed by atoms with Gasteiger partial charge in [0.05, 0.1) is 11.7 Å². The van der Waals surface area contributed by atoms with Gasteiger partial charge in [0.25, 0.3) is 5.91 Å². The monoisotopic (exact) mass is 408 g/mol. The van der Waals surface area contributed by atoms with Gasteiger partial charge in [0.1, 0.15) is 15.5 Å². The molecule has 1 aromatic carbocycles. The van der Waals surface area contributed by atoms with Gasteiger partial charge in [-0.05, 0) is 50.3 Å². The number of hydrogen-bond donors (Lipinski definition) is 1. The average Bonchev–Trinajstić information content (AvgIpc) is 2.66. The van der Waals surface area contributed by atoms with E-state index in [4.69, 9.17) is 28.6 Å². The molecule has 4 nitrogen and oxygen atoms in total. The number of nitrogens with one attached hydrogen (secondary N) is 1. The first-order valence-electron chi connectivity index (χ1n) is 8.99. The number of carbonyl (C=O) groups excluding carboxylic acids is 1. The SMILES string of the molecule is CC(C)Oc1c(C(=O)N2CCC(c3ccc(F)cc3)CC2)c[nH]c(=S)c1Cl. The van der Waals surface area contributed by atoms with Crippen LogP contribution in [0.25, 0.3) is 0 Å². The number of benzene rings is 1. The Kier molecular flexibility index (Phi) is 6.17. The molecule has 1 amide bonds. The summed E-state index contributed by atoms with van der Waals surface area (Å²) in [5.74, 6) is 0.297. The van der Waals surface area contributed by atoms with Gasteiger partial charge in [0.2, 0.25) is 0 Å². The molecular formula is C20H22ClFN2O2S. The minimum atomic E-state index is -0.234. The molecular weight excluding hydrogens is 387 g/mol. The second-order valence-corrected chi connectivity index (χ2v) is 7.75. The van der Waals surface area contributed by atoms with Gasteiger partial charge in [-0.1, -0.05) is 36.0 Å². The number of nitrogens with zero attached hydrogens (tertiary/aromatic N) is 1. The number of aromatic nitrogens is 1. The first kappa shape index (κ1) is 19.8. The smallest absolute Gasteiger partial charge is 0.259 e. The Morgan fingerprint density at radius 3 is 2.52 bits per heavy atom. The third-order valence-corrected chi connectivity index (χ3v) is 5.49.